The van der Waals surface area contributed by atoms with Gasteiger partial charge in [-0.05, 0) is 26.2 Å². The Hall–Kier alpha value is -0.990. The molecular weight excluding hydrogens is 198 g/mol. The molecule has 0 saturated heterocycles. The maximum Gasteiger partial charge on any atom is 0.191 e. The van der Waals surface area contributed by atoms with E-state index in [0.717, 1.165) is 18.9 Å². The summed E-state index contributed by atoms with van der Waals surface area (Å²) < 4.78 is 0. The molecule has 0 spiro atoms. The maximum absolute atomic E-state index is 4.25. The fourth-order valence-electron chi connectivity index (χ4n) is 2.08. The second-order valence-electron chi connectivity index (χ2n) is 4.34. The highest BCUT2D eigenvalue weighted by atomic mass is 15.2. The Labute approximate surface area is 99.4 Å². The van der Waals surface area contributed by atoms with Gasteiger partial charge in [0.05, 0.1) is 0 Å². The molecule has 1 aliphatic carbocycles. The molecule has 0 aromatic carbocycles. The monoisotopic (exact) mass is 223 g/mol. The molecular formula is C13H25N3. The van der Waals surface area contributed by atoms with E-state index >= 15 is 0 Å². The molecule has 0 unspecified atom stereocenters. The number of rotatable bonds is 4. The lowest BCUT2D eigenvalue weighted by Crippen LogP contribution is -2.44. The zero-order chi connectivity index (χ0) is 11.6. The van der Waals surface area contributed by atoms with Crippen LogP contribution in [-0.4, -0.2) is 25.6 Å². The van der Waals surface area contributed by atoms with E-state index in [0.29, 0.717) is 6.04 Å². The number of aliphatic imine (C=N–C) groups is 1. The summed E-state index contributed by atoms with van der Waals surface area (Å²) in [4.78, 5) is 4.25. The van der Waals surface area contributed by atoms with Crippen molar-refractivity contribution in [1.29, 1.82) is 0 Å². The predicted octanol–water partition coefficient (Wildman–Crippen LogP) is 2.45. The molecule has 0 amide bonds. The first-order chi connectivity index (χ1) is 7.86. The van der Waals surface area contributed by atoms with Gasteiger partial charge in [-0.2, -0.15) is 0 Å². The van der Waals surface area contributed by atoms with Crippen molar-refractivity contribution in [3.63, 3.8) is 0 Å². The first-order valence-electron chi connectivity index (χ1n) is 6.45. The van der Waals surface area contributed by atoms with Gasteiger partial charge in [0.1, 0.15) is 0 Å². The van der Waals surface area contributed by atoms with Crippen molar-refractivity contribution in [2.45, 2.75) is 51.5 Å². The third-order valence-electron chi connectivity index (χ3n) is 3.01. The lowest BCUT2D eigenvalue weighted by Gasteiger charge is -2.24. The smallest absolute Gasteiger partial charge is 0.191 e. The number of nitrogens with zero attached hydrogens (tertiary/aromatic N) is 1. The largest absolute Gasteiger partial charge is 0.356 e. The molecule has 3 nitrogen and oxygen atoms in total. The Morgan fingerprint density at radius 3 is 2.69 bits per heavy atom. The minimum absolute atomic E-state index is 0.627. The highest BCUT2D eigenvalue weighted by molar-refractivity contribution is 5.79. The summed E-state index contributed by atoms with van der Waals surface area (Å²) in [5.41, 5.74) is 0. The SMILES string of the molecule is CC=CCCNC(=NC)NC1CCCCC1. The average Bonchev–Trinajstić information content (AvgIpc) is 2.34. The normalized spacial score (nSPS) is 19.0. The summed E-state index contributed by atoms with van der Waals surface area (Å²) in [6.07, 6.45) is 12.0. The van der Waals surface area contributed by atoms with Crippen LogP contribution in [0.1, 0.15) is 45.4 Å². The van der Waals surface area contributed by atoms with Gasteiger partial charge in [-0.15, -0.1) is 0 Å². The van der Waals surface area contributed by atoms with Crippen LogP contribution >= 0.6 is 0 Å². The Morgan fingerprint density at radius 2 is 2.06 bits per heavy atom. The van der Waals surface area contributed by atoms with Gasteiger partial charge in [-0.25, -0.2) is 0 Å². The van der Waals surface area contributed by atoms with Crippen molar-refractivity contribution in [3.05, 3.63) is 12.2 Å². The Morgan fingerprint density at radius 1 is 1.31 bits per heavy atom. The summed E-state index contributed by atoms with van der Waals surface area (Å²) >= 11 is 0. The maximum atomic E-state index is 4.25. The molecule has 16 heavy (non-hydrogen) atoms. The molecule has 0 aromatic rings. The zero-order valence-electron chi connectivity index (χ0n) is 10.6. The number of allylic oxidation sites excluding steroid dienone is 1. The lowest BCUT2D eigenvalue weighted by atomic mass is 9.96. The fraction of sp³-hybridized carbons (Fsp3) is 0.769. The van der Waals surface area contributed by atoms with E-state index in [1.807, 2.05) is 7.05 Å². The molecule has 1 rings (SSSR count). The van der Waals surface area contributed by atoms with Crippen molar-refractivity contribution >= 4 is 5.96 Å². The molecule has 3 heteroatoms. The van der Waals surface area contributed by atoms with Gasteiger partial charge < -0.3 is 10.6 Å². The second-order valence-corrected chi connectivity index (χ2v) is 4.34. The number of nitrogens with one attached hydrogen (secondary N) is 2. The molecule has 1 fully saturated rings. The van der Waals surface area contributed by atoms with Crippen LogP contribution < -0.4 is 10.6 Å². The van der Waals surface area contributed by atoms with Gasteiger partial charge in [0.2, 0.25) is 0 Å². The highest BCUT2D eigenvalue weighted by Gasteiger charge is 2.13. The quantitative estimate of drug-likeness (QED) is 0.332. The average molecular weight is 223 g/mol. The molecule has 2 N–H and O–H groups in total. The predicted molar refractivity (Wildman–Crippen MR) is 70.8 cm³/mol. The van der Waals surface area contributed by atoms with Crippen LogP contribution in [0.25, 0.3) is 0 Å². The van der Waals surface area contributed by atoms with E-state index in [1.54, 1.807) is 0 Å². The van der Waals surface area contributed by atoms with E-state index in [9.17, 15) is 0 Å². The standard InChI is InChI=1S/C13H25N3/c1-3-4-8-11-15-13(14-2)16-12-9-6-5-7-10-12/h3-4,12H,5-11H2,1-2H3,(H2,14,15,16). The van der Waals surface area contributed by atoms with Crippen LogP contribution in [0.5, 0.6) is 0 Å². The number of hydrogen-bond donors (Lipinski definition) is 2. The van der Waals surface area contributed by atoms with Crippen LogP contribution in [0.15, 0.2) is 17.1 Å². The van der Waals surface area contributed by atoms with Crippen molar-refractivity contribution in [2.75, 3.05) is 13.6 Å². The zero-order valence-corrected chi connectivity index (χ0v) is 10.6. The molecule has 1 saturated carbocycles. The van der Waals surface area contributed by atoms with Crippen molar-refractivity contribution < 1.29 is 0 Å². The summed E-state index contributed by atoms with van der Waals surface area (Å²) in [6.45, 7) is 3.01. The van der Waals surface area contributed by atoms with Gasteiger partial charge in [0.25, 0.3) is 0 Å². The molecule has 0 atom stereocenters. The van der Waals surface area contributed by atoms with Gasteiger partial charge in [-0.3, -0.25) is 4.99 Å². The van der Waals surface area contributed by atoms with Crippen molar-refractivity contribution in [3.8, 4) is 0 Å². The molecule has 0 aromatic heterocycles. The summed E-state index contributed by atoms with van der Waals surface area (Å²) in [5, 5.41) is 6.84. The fourth-order valence-corrected chi connectivity index (χ4v) is 2.08. The van der Waals surface area contributed by atoms with E-state index in [2.05, 4.69) is 34.7 Å². The summed E-state index contributed by atoms with van der Waals surface area (Å²) in [5.74, 6) is 0.955. The van der Waals surface area contributed by atoms with Crippen LogP contribution in [0.4, 0.5) is 0 Å². The molecule has 0 aliphatic heterocycles. The number of hydrogen-bond acceptors (Lipinski definition) is 1. The minimum atomic E-state index is 0.627. The van der Waals surface area contributed by atoms with Crippen LogP contribution in [0.3, 0.4) is 0 Å². The van der Waals surface area contributed by atoms with Gasteiger partial charge in [-0.1, -0.05) is 31.4 Å². The van der Waals surface area contributed by atoms with Crippen molar-refractivity contribution in [1.82, 2.24) is 10.6 Å². The summed E-state index contributed by atoms with van der Waals surface area (Å²) in [6, 6.07) is 0.627. The van der Waals surface area contributed by atoms with E-state index in [4.69, 9.17) is 0 Å². The van der Waals surface area contributed by atoms with Gasteiger partial charge in [0.15, 0.2) is 5.96 Å². The van der Waals surface area contributed by atoms with E-state index in [-0.39, 0.29) is 0 Å². The summed E-state index contributed by atoms with van der Waals surface area (Å²) in [7, 11) is 1.84. The second kappa shape index (κ2) is 8.20. The molecule has 92 valence electrons. The Balaban J connectivity index is 2.20. The minimum Gasteiger partial charge on any atom is -0.356 e. The van der Waals surface area contributed by atoms with Gasteiger partial charge in [0, 0.05) is 19.6 Å². The van der Waals surface area contributed by atoms with Crippen LogP contribution in [-0.2, 0) is 0 Å². The van der Waals surface area contributed by atoms with Crippen molar-refractivity contribution in [2.24, 2.45) is 4.99 Å². The van der Waals surface area contributed by atoms with E-state index < -0.39 is 0 Å². The topological polar surface area (TPSA) is 36.4 Å². The third-order valence-corrected chi connectivity index (χ3v) is 3.01. The molecule has 0 heterocycles. The Kier molecular flexibility index (Phi) is 6.70. The molecule has 1 aliphatic rings. The lowest BCUT2D eigenvalue weighted by molar-refractivity contribution is 0.410. The highest BCUT2D eigenvalue weighted by Crippen LogP contribution is 2.17. The first kappa shape index (κ1) is 13.1. The Bertz CT molecular complexity index is 227. The first-order valence-corrected chi connectivity index (χ1v) is 6.45. The van der Waals surface area contributed by atoms with E-state index in [1.165, 1.54) is 32.1 Å². The van der Waals surface area contributed by atoms with Gasteiger partial charge >= 0.3 is 0 Å². The molecule has 0 radical (unpaired) electrons. The number of guanidine groups is 1. The third kappa shape index (κ3) is 5.19. The molecule has 0 bridgehead atoms. The van der Waals surface area contributed by atoms with Crippen LogP contribution in [0, 0.1) is 0 Å². The van der Waals surface area contributed by atoms with Crippen LogP contribution in [0.2, 0.25) is 0 Å².